The summed E-state index contributed by atoms with van der Waals surface area (Å²) in [6.45, 7) is 7.72. The summed E-state index contributed by atoms with van der Waals surface area (Å²) in [6.07, 6.45) is 0. The molecule has 0 fully saturated rings. The molecule has 124 valence electrons. The fraction of sp³-hybridized carbons (Fsp3) is 0.368. The van der Waals surface area contributed by atoms with E-state index in [0.29, 0.717) is 29.8 Å². The van der Waals surface area contributed by atoms with Crippen molar-refractivity contribution in [3.05, 3.63) is 52.5 Å². The van der Waals surface area contributed by atoms with Gasteiger partial charge in [0.15, 0.2) is 0 Å². The molecule has 0 radical (unpaired) electrons. The predicted molar refractivity (Wildman–Crippen MR) is 97.3 cm³/mol. The third-order valence-corrected chi connectivity index (χ3v) is 3.93. The van der Waals surface area contributed by atoms with Gasteiger partial charge in [0.1, 0.15) is 18.1 Å². The fourth-order valence-electron chi connectivity index (χ4n) is 2.38. The van der Waals surface area contributed by atoms with Gasteiger partial charge in [-0.05, 0) is 48.2 Å². The third-order valence-electron chi connectivity index (χ3n) is 3.63. The highest BCUT2D eigenvalue weighted by molar-refractivity contribution is 6.32. The molecular formula is C19H24ClNO2. The highest BCUT2D eigenvalue weighted by Crippen LogP contribution is 2.28. The molecule has 0 saturated carbocycles. The molecule has 2 aromatic carbocycles. The number of benzene rings is 2. The molecule has 0 aliphatic heterocycles. The number of halogens is 1. The lowest BCUT2D eigenvalue weighted by molar-refractivity contribution is 0.328. The van der Waals surface area contributed by atoms with Gasteiger partial charge in [-0.3, -0.25) is 0 Å². The summed E-state index contributed by atoms with van der Waals surface area (Å²) in [6, 6.07) is 12.0. The van der Waals surface area contributed by atoms with Gasteiger partial charge in [-0.1, -0.05) is 37.6 Å². The lowest BCUT2D eigenvalue weighted by Crippen LogP contribution is -2.12. The number of ether oxygens (including phenoxy) is 2. The highest BCUT2D eigenvalue weighted by atomic mass is 35.5. The molecule has 0 aliphatic carbocycles. The van der Waals surface area contributed by atoms with Crippen LogP contribution < -0.4 is 14.8 Å². The van der Waals surface area contributed by atoms with Crippen molar-refractivity contribution in [1.82, 2.24) is 0 Å². The van der Waals surface area contributed by atoms with Crippen LogP contribution in [0.4, 0.5) is 5.69 Å². The number of hydrogen-bond donors (Lipinski definition) is 1. The smallest absolute Gasteiger partial charge is 0.137 e. The number of anilines is 1. The summed E-state index contributed by atoms with van der Waals surface area (Å²) >= 11 is 6.11. The van der Waals surface area contributed by atoms with Gasteiger partial charge in [0, 0.05) is 12.2 Å². The van der Waals surface area contributed by atoms with Crippen LogP contribution in [0.1, 0.15) is 30.9 Å². The molecule has 3 nitrogen and oxygen atoms in total. The van der Waals surface area contributed by atoms with Crippen LogP contribution in [0.15, 0.2) is 36.4 Å². The molecule has 23 heavy (non-hydrogen) atoms. The molecule has 2 aromatic rings. The number of aryl methyl sites for hydroxylation is 1. The zero-order valence-electron chi connectivity index (χ0n) is 14.2. The van der Waals surface area contributed by atoms with Crippen LogP contribution in [0.25, 0.3) is 0 Å². The number of nitrogens with one attached hydrogen (secondary N) is 1. The normalized spacial score (nSPS) is 10.7. The van der Waals surface area contributed by atoms with Crippen LogP contribution in [-0.2, 0) is 0 Å². The van der Waals surface area contributed by atoms with Crippen molar-refractivity contribution < 1.29 is 9.47 Å². The van der Waals surface area contributed by atoms with E-state index in [0.717, 1.165) is 11.4 Å². The lowest BCUT2D eigenvalue weighted by Gasteiger charge is -2.15. The first-order chi connectivity index (χ1) is 11.0. The average Bonchev–Trinajstić information content (AvgIpc) is 2.51. The minimum atomic E-state index is 0.443. The Kier molecular flexibility index (Phi) is 6.17. The summed E-state index contributed by atoms with van der Waals surface area (Å²) < 4.78 is 11.1. The monoisotopic (exact) mass is 333 g/mol. The molecule has 0 atom stereocenters. The standard InChI is InChI=1S/C19H24ClNO2/c1-13(2)16-7-5-14(3)11-19(16)23-10-9-21-15-6-8-18(22-4)17(20)12-15/h5-8,11-13,21H,9-10H2,1-4H3. The zero-order chi connectivity index (χ0) is 16.8. The van der Waals surface area contributed by atoms with Gasteiger partial charge in [0.25, 0.3) is 0 Å². The lowest BCUT2D eigenvalue weighted by atomic mass is 10.0. The molecule has 0 unspecified atom stereocenters. The summed E-state index contributed by atoms with van der Waals surface area (Å²) in [5, 5.41) is 3.90. The summed E-state index contributed by atoms with van der Waals surface area (Å²) in [5.41, 5.74) is 3.40. The van der Waals surface area contributed by atoms with Crippen molar-refractivity contribution in [3.8, 4) is 11.5 Å². The summed E-state index contributed by atoms with van der Waals surface area (Å²) in [7, 11) is 1.61. The third kappa shape index (κ3) is 4.80. The second-order valence-corrected chi connectivity index (χ2v) is 6.23. The Hall–Kier alpha value is -1.87. The van der Waals surface area contributed by atoms with Gasteiger partial charge in [0.2, 0.25) is 0 Å². The fourth-order valence-corrected chi connectivity index (χ4v) is 2.63. The van der Waals surface area contributed by atoms with E-state index in [4.69, 9.17) is 21.1 Å². The van der Waals surface area contributed by atoms with Crippen LogP contribution in [0, 0.1) is 6.92 Å². The first kappa shape index (κ1) is 17.5. The van der Waals surface area contributed by atoms with Crippen LogP contribution in [0.3, 0.4) is 0 Å². The molecular weight excluding hydrogens is 310 g/mol. The SMILES string of the molecule is COc1ccc(NCCOc2cc(C)ccc2C(C)C)cc1Cl. The number of hydrogen-bond acceptors (Lipinski definition) is 3. The maximum absolute atomic E-state index is 6.11. The molecule has 0 heterocycles. The van der Waals surface area contributed by atoms with Crippen LogP contribution in [0.2, 0.25) is 5.02 Å². The minimum absolute atomic E-state index is 0.443. The number of methoxy groups -OCH3 is 1. The van der Waals surface area contributed by atoms with Gasteiger partial charge >= 0.3 is 0 Å². The molecule has 0 amide bonds. The van der Waals surface area contributed by atoms with E-state index in [2.05, 4.69) is 44.3 Å². The molecule has 0 aromatic heterocycles. The molecule has 0 aliphatic rings. The van der Waals surface area contributed by atoms with E-state index in [1.165, 1.54) is 11.1 Å². The van der Waals surface area contributed by atoms with Crippen molar-refractivity contribution in [2.45, 2.75) is 26.7 Å². The van der Waals surface area contributed by atoms with Crippen molar-refractivity contribution >= 4 is 17.3 Å². The Labute approximate surface area is 143 Å². The Morgan fingerprint density at radius 3 is 2.52 bits per heavy atom. The maximum Gasteiger partial charge on any atom is 0.137 e. The molecule has 4 heteroatoms. The average molecular weight is 334 g/mol. The van der Waals surface area contributed by atoms with Crippen LogP contribution in [0.5, 0.6) is 11.5 Å². The molecule has 0 saturated heterocycles. The molecule has 2 rings (SSSR count). The molecule has 0 spiro atoms. The second kappa shape index (κ2) is 8.11. The maximum atomic E-state index is 6.11. The van der Waals surface area contributed by atoms with E-state index in [-0.39, 0.29) is 0 Å². The topological polar surface area (TPSA) is 30.5 Å². The van der Waals surface area contributed by atoms with Gasteiger partial charge in [0.05, 0.1) is 12.1 Å². The van der Waals surface area contributed by atoms with Crippen molar-refractivity contribution in [2.24, 2.45) is 0 Å². The minimum Gasteiger partial charge on any atom is -0.495 e. The van der Waals surface area contributed by atoms with Gasteiger partial charge in [-0.25, -0.2) is 0 Å². The first-order valence-electron chi connectivity index (χ1n) is 7.82. The van der Waals surface area contributed by atoms with Crippen molar-refractivity contribution in [1.29, 1.82) is 0 Å². The molecule has 0 bridgehead atoms. The number of rotatable bonds is 7. The van der Waals surface area contributed by atoms with Crippen LogP contribution >= 0.6 is 11.6 Å². The van der Waals surface area contributed by atoms with Gasteiger partial charge in [-0.2, -0.15) is 0 Å². The van der Waals surface area contributed by atoms with E-state index in [9.17, 15) is 0 Å². The Bertz CT molecular complexity index is 656. The Balaban J connectivity index is 1.91. The molecule has 1 N–H and O–H groups in total. The van der Waals surface area contributed by atoms with Crippen LogP contribution in [-0.4, -0.2) is 20.3 Å². The Morgan fingerprint density at radius 1 is 1.09 bits per heavy atom. The van der Waals surface area contributed by atoms with E-state index >= 15 is 0 Å². The van der Waals surface area contributed by atoms with E-state index in [1.54, 1.807) is 7.11 Å². The van der Waals surface area contributed by atoms with Crippen molar-refractivity contribution in [3.63, 3.8) is 0 Å². The highest BCUT2D eigenvalue weighted by Gasteiger charge is 2.08. The largest absolute Gasteiger partial charge is 0.495 e. The van der Waals surface area contributed by atoms with Gasteiger partial charge in [-0.15, -0.1) is 0 Å². The quantitative estimate of drug-likeness (QED) is 0.700. The van der Waals surface area contributed by atoms with E-state index in [1.807, 2.05) is 18.2 Å². The summed E-state index contributed by atoms with van der Waals surface area (Å²) in [4.78, 5) is 0. The predicted octanol–water partition coefficient (Wildman–Crippen LogP) is 5.27. The second-order valence-electron chi connectivity index (χ2n) is 5.82. The Morgan fingerprint density at radius 2 is 1.87 bits per heavy atom. The van der Waals surface area contributed by atoms with Crippen molar-refractivity contribution in [2.75, 3.05) is 25.6 Å². The van der Waals surface area contributed by atoms with E-state index < -0.39 is 0 Å². The summed E-state index contributed by atoms with van der Waals surface area (Å²) in [5.74, 6) is 2.09. The van der Waals surface area contributed by atoms with Gasteiger partial charge < -0.3 is 14.8 Å². The first-order valence-corrected chi connectivity index (χ1v) is 8.20. The zero-order valence-corrected chi connectivity index (χ0v) is 14.9.